The monoisotopic (exact) mass is 312 g/mol. The first-order chi connectivity index (χ1) is 9.97. The molecule has 3 N–H and O–H groups in total. The number of carboxylic acid groups (broad SMARTS) is 1. The highest BCUT2D eigenvalue weighted by Crippen LogP contribution is 2.18. The molecule has 1 saturated heterocycles. The highest BCUT2D eigenvalue weighted by atomic mass is 35.5. The third kappa shape index (κ3) is 4.09. The van der Waals surface area contributed by atoms with Gasteiger partial charge >= 0.3 is 12.0 Å². The molecule has 1 aromatic rings. The summed E-state index contributed by atoms with van der Waals surface area (Å²) in [5.41, 5.74) is 1.02. The van der Waals surface area contributed by atoms with E-state index in [1.54, 1.807) is 12.1 Å². The smallest absolute Gasteiger partial charge is 0.326 e. The van der Waals surface area contributed by atoms with Gasteiger partial charge in [0.25, 0.3) is 0 Å². The molecule has 0 unspecified atom stereocenters. The standard InChI is InChI=1S/C14H17ClN2O4/c15-10-3-1-9(2-4-10)5-6-16-14(21)17-8-11(18)7-12(17)13(19)20/h1-4,11-12,18H,5-8H2,(H,16,21)(H,19,20)/t11-,12-/m0/s1. The van der Waals surface area contributed by atoms with E-state index in [4.69, 9.17) is 16.7 Å². The van der Waals surface area contributed by atoms with Gasteiger partial charge in [0.15, 0.2) is 0 Å². The summed E-state index contributed by atoms with van der Waals surface area (Å²) in [4.78, 5) is 24.2. The molecule has 1 aliphatic heterocycles. The Morgan fingerprint density at radius 1 is 1.33 bits per heavy atom. The molecule has 0 spiro atoms. The number of hydrogen-bond donors (Lipinski definition) is 3. The highest BCUT2D eigenvalue weighted by Gasteiger charge is 2.38. The van der Waals surface area contributed by atoms with Crippen molar-refractivity contribution >= 4 is 23.6 Å². The molecule has 114 valence electrons. The van der Waals surface area contributed by atoms with Crippen LogP contribution in [0.4, 0.5) is 4.79 Å². The molecular formula is C14H17ClN2O4. The van der Waals surface area contributed by atoms with Crippen LogP contribution >= 0.6 is 11.6 Å². The van der Waals surface area contributed by atoms with Gasteiger partial charge in [0, 0.05) is 24.5 Å². The molecule has 0 bridgehead atoms. The second-order valence-corrected chi connectivity index (χ2v) is 5.44. The zero-order chi connectivity index (χ0) is 15.4. The second kappa shape index (κ2) is 6.78. The molecule has 2 amide bonds. The number of β-amino-alcohol motifs (C(OH)–C–C–N with tert-alkyl or cyclic N) is 1. The topological polar surface area (TPSA) is 89.9 Å². The fourth-order valence-electron chi connectivity index (χ4n) is 2.34. The number of carboxylic acids is 1. The van der Waals surface area contributed by atoms with Gasteiger partial charge in [-0.15, -0.1) is 0 Å². The average molecular weight is 313 g/mol. The van der Waals surface area contributed by atoms with Crippen molar-refractivity contribution in [1.29, 1.82) is 0 Å². The Morgan fingerprint density at radius 3 is 2.62 bits per heavy atom. The van der Waals surface area contributed by atoms with Gasteiger partial charge in [0.1, 0.15) is 6.04 Å². The Labute approximate surface area is 127 Å². The number of aliphatic hydroxyl groups excluding tert-OH is 1. The van der Waals surface area contributed by atoms with Crippen LogP contribution in [0.15, 0.2) is 24.3 Å². The van der Waals surface area contributed by atoms with E-state index >= 15 is 0 Å². The quantitative estimate of drug-likeness (QED) is 0.777. The van der Waals surface area contributed by atoms with Crippen molar-refractivity contribution in [3.05, 3.63) is 34.9 Å². The summed E-state index contributed by atoms with van der Waals surface area (Å²) in [7, 11) is 0. The first kappa shape index (κ1) is 15.6. The number of nitrogens with one attached hydrogen (secondary N) is 1. The lowest BCUT2D eigenvalue weighted by Gasteiger charge is -2.21. The zero-order valence-corrected chi connectivity index (χ0v) is 12.1. The molecule has 0 radical (unpaired) electrons. The largest absolute Gasteiger partial charge is 0.480 e. The minimum atomic E-state index is -1.10. The van der Waals surface area contributed by atoms with Gasteiger partial charge < -0.3 is 20.4 Å². The molecule has 1 aliphatic rings. The number of halogens is 1. The van der Waals surface area contributed by atoms with Crippen LogP contribution in [0.2, 0.25) is 5.02 Å². The highest BCUT2D eigenvalue weighted by molar-refractivity contribution is 6.30. The summed E-state index contributed by atoms with van der Waals surface area (Å²) in [6, 6.07) is 5.86. The maximum atomic E-state index is 12.0. The molecule has 1 heterocycles. The van der Waals surface area contributed by atoms with Crippen LogP contribution in [0.1, 0.15) is 12.0 Å². The fourth-order valence-corrected chi connectivity index (χ4v) is 2.46. The van der Waals surface area contributed by atoms with Gasteiger partial charge in [-0.2, -0.15) is 0 Å². The number of benzene rings is 1. The van der Waals surface area contributed by atoms with Gasteiger partial charge in [-0.25, -0.2) is 9.59 Å². The summed E-state index contributed by atoms with van der Waals surface area (Å²) >= 11 is 5.79. The number of nitrogens with zero attached hydrogens (tertiary/aromatic N) is 1. The third-order valence-corrected chi connectivity index (χ3v) is 3.68. The fraction of sp³-hybridized carbons (Fsp3) is 0.429. The molecule has 6 nitrogen and oxygen atoms in total. The molecule has 21 heavy (non-hydrogen) atoms. The summed E-state index contributed by atoms with van der Waals surface area (Å²) in [5.74, 6) is -1.10. The van der Waals surface area contributed by atoms with E-state index in [1.807, 2.05) is 12.1 Å². The van der Waals surface area contributed by atoms with Gasteiger partial charge in [0.05, 0.1) is 6.10 Å². The van der Waals surface area contributed by atoms with E-state index in [2.05, 4.69) is 5.32 Å². The summed E-state index contributed by atoms with van der Waals surface area (Å²) in [6.07, 6.45) is -0.0927. The van der Waals surface area contributed by atoms with E-state index in [0.29, 0.717) is 18.0 Å². The summed E-state index contributed by atoms with van der Waals surface area (Å²) < 4.78 is 0. The maximum Gasteiger partial charge on any atom is 0.326 e. The Kier molecular flexibility index (Phi) is 5.03. The molecule has 2 rings (SSSR count). The number of aliphatic hydroxyl groups is 1. The lowest BCUT2D eigenvalue weighted by Crippen LogP contribution is -2.46. The van der Waals surface area contributed by atoms with E-state index in [9.17, 15) is 14.7 Å². The van der Waals surface area contributed by atoms with Crippen LogP contribution < -0.4 is 5.32 Å². The number of aliphatic carboxylic acids is 1. The van der Waals surface area contributed by atoms with Crippen molar-refractivity contribution in [2.45, 2.75) is 25.0 Å². The zero-order valence-electron chi connectivity index (χ0n) is 11.3. The van der Waals surface area contributed by atoms with Gasteiger partial charge in [-0.3, -0.25) is 0 Å². The van der Waals surface area contributed by atoms with Gasteiger partial charge in [-0.05, 0) is 24.1 Å². The van der Waals surface area contributed by atoms with Gasteiger partial charge in [0.2, 0.25) is 0 Å². The summed E-state index contributed by atoms with van der Waals surface area (Å²) in [5, 5.41) is 21.9. The van der Waals surface area contributed by atoms with Gasteiger partial charge in [-0.1, -0.05) is 23.7 Å². The van der Waals surface area contributed by atoms with Crippen molar-refractivity contribution in [3.63, 3.8) is 0 Å². The minimum Gasteiger partial charge on any atom is -0.480 e. The Balaban J connectivity index is 1.84. The van der Waals surface area contributed by atoms with Crippen LogP contribution in [-0.4, -0.2) is 52.3 Å². The summed E-state index contributed by atoms with van der Waals surface area (Å²) in [6.45, 7) is 0.434. The maximum absolute atomic E-state index is 12.0. The normalized spacial score (nSPS) is 21.3. The minimum absolute atomic E-state index is 0.0454. The molecule has 2 atom stereocenters. The van der Waals surface area contributed by atoms with Crippen molar-refractivity contribution < 1.29 is 19.8 Å². The Morgan fingerprint density at radius 2 is 2.00 bits per heavy atom. The molecule has 7 heteroatoms. The van der Waals surface area contributed by atoms with Crippen LogP contribution in [0.3, 0.4) is 0 Å². The van der Waals surface area contributed by atoms with E-state index in [1.165, 1.54) is 0 Å². The van der Waals surface area contributed by atoms with E-state index < -0.39 is 24.1 Å². The lowest BCUT2D eigenvalue weighted by atomic mass is 10.1. The van der Waals surface area contributed by atoms with Crippen molar-refractivity contribution in [2.75, 3.05) is 13.1 Å². The van der Waals surface area contributed by atoms with Crippen LogP contribution in [0.25, 0.3) is 0 Å². The first-order valence-electron chi connectivity index (χ1n) is 6.67. The Bertz CT molecular complexity index is 520. The molecular weight excluding hydrogens is 296 g/mol. The number of amides is 2. The van der Waals surface area contributed by atoms with Crippen LogP contribution in [0.5, 0.6) is 0 Å². The molecule has 1 fully saturated rings. The van der Waals surface area contributed by atoms with E-state index in [-0.39, 0.29) is 13.0 Å². The Hall–Kier alpha value is -1.79. The predicted octanol–water partition coefficient (Wildman–Crippen LogP) is 1.11. The number of urea groups is 1. The molecule has 0 aromatic heterocycles. The van der Waals surface area contributed by atoms with Crippen molar-refractivity contribution in [3.8, 4) is 0 Å². The number of hydrogen-bond acceptors (Lipinski definition) is 3. The second-order valence-electron chi connectivity index (χ2n) is 5.00. The number of rotatable bonds is 4. The molecule has 0 saturated carbocycles. The first-order valence-corrected chi connectivity index (χ1v) is 7.05. The van der Waals surface area contributed by atoms with Crippen LogP contribution in [0, 0.1) is 0 Å². The number of carbonyl (C=O) groups is 2. The van der Waals surface area contributed by atoms with E-state index in [0.717, 1.165) is 10.5 Å². The number of carbonyl (C=O) groups excluding carboxylic acids is 1. The number of likely N-dealkylation sites (tertiary alicyclic amines) is 1. The van der Waals surface area contributed by atoms with Crippen LogP contribution in [-0.2, 0) is 11.2 Å². The molecule has 1 aromatic carbocycles. The SMILES string of the molecule is O=C(O)[C@@H]1C[C@H](O)CN1C(=O)NCCc1ccc(Cl)cc1. The third-order valence-electron chi connectivity index (χ3n) is 3.43. The average Bonchev–Trinajstić information content (AvgIpc) is 2.83. The predicted molar refractivity (Wildman–Crippen MR) is 77.3 cm³/mol. The van der Waals surface area contributed by atoms with Crippen molar-refractivity contribution in [2.24, 2.45) is 0 Å². The van der Waals surface area contributed by atoms with Crippen molar-refractivity contribution in [1.82, 2.24) is 10.2 Å². The lowest BCUT2D eigenvalue weighted by molar-refractivity contribution is -0.141. The molecule has 0 aliphatic carbocycles.